The van der Waals surface area contributed by atoms with Crippen LogP contribution in [0.25, 0.3) is 0 Å². The summed E-state index contributed by atoms with van der Waals surface area (Å²) in [7, 11) is 0. The van der Waals surface area contributed by atoms with Gasteiger partial charge in [0, 0.05) is 37.4 Å². The summed E-state index contributed by atoms with van der Waals surface area (Å²) in [6.45, 7) is 1.65. The van der Waals surface area contributed by atoms with Gasteiger partial charge in [0.05, 0.1) is 4.92 Å². The molecule has 96 valence electrons. The van der Waals surface area contributed by atoms with Crippen molar-refractivity contribution < 1.29 is 4.92 Å². The van der Waals surface area contributed by atoms with Crippen LogP contribution in [0.4, 0.5) is 11.5 Å². The van der Waals surface area contributed by atoms with Gasteiger partial charge in [0.15, 0.2) is 0 Å². The number of rotatable bonds is 2. The van der Waals surface area contributed by atoms with Crippen LogP contribution < -0.4 is 10.2 Å². The Morgan fingerprint density at radius 3 is 3.06 bits per heavy atom. The molecule has 0 aromatic carbocycles. The summed E-state index contributed by atoms with van der Waals surface area (Å²) in [6.07, 6.45) is 5.04. The molecule has 18 heavy (non-hydrogen) atoms. The molecule has 6 nitrogen and oxygen atoms in total. The largest absolute Gasteiger partial charge is 0.349 e. The number of nitrogens with one attached hydrogen (secondary N) is 1. The molecule has 2 fully saturated rings. The highest BCUT2D eigenvalue weighted by Crippen LogP contribution is 2.29. The van der Waals surface area contributed by atoms with E-state index in [2.05, 4.69) is 15.2 Å². The van der Waals surface area contributed by atoms with Crippen molar-refractivity contribution in [3.8, 4) is 0 Å². The summed E-state index contributed by atoms with van der Waals surface area (Å²) in [5, 5.41) is 14.6. The molecule has 3 rings (SSSR count). The van der Waals surface area contributed by atoms with Crippen molar-refractivity contribution in [1.82, 2.24) is 10.3 Å². The molecule has 6 heteroatoms. The molecule has 2 unspecified atom stereocenters. The zero-order valence-corrected chi connectivity index (χ0v) is 10.1. The number of nitrogens with zero attached hydrogens (tertiary/aromatic N) is 3. The number of aromatic nitrogens is 1. The number of hydrogen-bond acceptors (Lipinski definition) is 5. The Bertz CT molecular complexity index is 465. The van der Waals surface area contributed by atoms with Crippen LogP contribution in [0.15, 0.2) is 18.3 Å². The van der Waals surface area contributed by atoms with Crippen LogP contribution in [0.1, 0.15) is 19.3 Å². The third kappa shape index (κ3) is 2.03. The normalized spacial score (nSPS) is 27.0. The van der Waals surface area contributed by atoms with Crippen LogP contribution >= 0.6 is 0 Å². The van der Waals surface area contributed by atoms with E-state index in [4.69, 9.17) is 0 Å². The first-order valence-electron chi connectivity index (χ1n) is 6.34. The van der Waals surface area contributed by atoms with E-state index in [1.165, 1.54) is 12.5 Å². The van der Waals surface area contributed by atoms with Crippen LogP contribution in [0.2, 0.25) is 0 Å². The minimum atomic E-state index is -0.348. The molecule has 2 aliphatic heterocycles. The number of hydrogen-bond donors (Lipinski definition) is 1. The lowest BCUT2D eigenvalue weighted by Gasteiger charge is -2.24. The Kier molecular flexibility index (Phi) is 2.87. The number of anilines is 1. The van der Waals surface area contributed by atoms with Gasteiger partial charge in [-0.2, -0.15) is 0 Å². The van der Waals surface area contributed by atoms with Gasteiger partial charge in [-0.3, -0.25) is 10.1 Å². The van der Waals surface area contributed by atoms with Crippen molar-refractivity contribution in [1.29, 1.82) is 0 Å². The SMILES string of the molecule is O=[N+]([O-])c1cccnc1N1CCC2CCC(C1)N2. The van der Waals surface area contributed by atoms with Crippen LogP contribution in [-0.4, -0.2) is 35.1 Å². The van der Waals surface area contributed by atoms with E-state index in [-0.39, 0.29) is 10.6 Å². The topological polar surface area (TPSA) is 71.3 Å². The predicted octanol–water partition coefficient (Wildman–Crippen LogP) is 1.32. The molecule has 0 amide bonds. The maximum atomic E-state index is 11.0. The molecule has 1 N–H and O–H groups in total. The zero-order valence-electron chi connectivity index (χ0n) is 10.1. The van der Waals surface area contributed by atoms with Gasteiger partial charge in [-0.1, -0.05) is 0 Å². The maximum absolute atomic E-state index is 11.0. The summed E-state index contributed by atoms with van der Waals surface area (Å²) in [4.78, 5) is 16.9. The van der Waals surface area contributed by atoms with Crippen molar-refractivity contribution in [3.05, 3.63) is 28.4 Å². The standard InChI is InChI=1S/C12H16N4O2/c17-16(18)11-2-1-6-13-12(11)15-7-5-9-3-4-10(8-15)14-9/h1-2,6,9-10,14H,3-5,7-8H2. The van der Waals surface area contributed by atoms with E-state index >= 15 is 0 Å². The lowest BCUT2D eigenvalue weighted by molar-refractivity contribution is -0.384. The Balaban J connectivity index is 1.88. The van der Waals surface area contributed by atoms with E-state index in [1.54, 1.807) is 12.3 Å². The van der Waals surface area contributed by atoms with Crippen LogP contribution in [0.5, 0.6) is 0 Å². The molecular weight excluding hydrogens is 232 g/mol. The van der Waals surface area contributed by atoms with Gasteiger partial charge in [0.2, 0.25) is 5.82 Å². The third-order valence-corrected chi connectivity index (χ3v) is 3.79. The molecule has 0 radical (unpaired) electrons. The fraction of sp³-hybridized carbons (Fsp3) is 0.583. The fourth-order valence-electron chi connectivity index (χ4n) is 2.91. The minimum absolute atomic E-state index is 0.107. The molecule has 2 saturated heterocycles. The van der Waals surface area contributed by atoms with Crippen molar-refractivity contribution in [2.45, 2.75) is 31.3 Å². The summed E-state index contributed by atoms with van der Waals surface area (Å²) in [5.41, 5.74) is 0.107. The molecule has 2 aliphatic rings. The first-order valence-corrected chi connectivity index (χ1v) is 6.34. The van der Waals surface area contributed by atoms with Gasteiger partial charge in [0.1, 0.15) is 0 Å². The average molecular weight is 248 g/mol. The Labute approximate surface area is 105 Å². The predicted molar refractivity (Wildman–Crippen MR) is 67.7 cm³/mol. The smallest absolute Gasteiger partial charge is 0.311 e. The Morgan fingerprint density at radius 2 is 2.22 bits per heavy atom. The van der Waals surface area contributed by atoms with Gasteiger partial charge >= 0.3 is 5.69 Å². The molecule has 0 saturated carbocycles. The van der Waals surface area contributed by atoms with Crippen molar-refractivity contribution >= 4 is 11.5 Å². The van der Waals surface area contributed by atoms with E-state index in [9.17, 15) is 10.1 Å². The molecule has 1 aromatic heterocycles. The third-order valence-electron chi connectivity index (χ3n) is 3.79. The highest BCUT2D eigenvalue weighted by molar-refractivity contribution is 5.57. The van der Waals surface area contributed by atoms with Gasteiger partial charge in [0.25, 0.3) is 0 Å². The average Bonchev–Trinajstić information content (AvgIpc) is 2.69. The van der Waals surface area contributed by atoms with Gasteiger partial charge in [-0.15, -0.1) is 0 Å². The van der Waals surface area contributed by atoms with E-state index in [0.717, 1.165) is 25.9 Å². The minimum Gasteiger partial charge on any atom is -0.349 e. The summed E-state index contributed by atoms with van der Waals surface area (Å²) >= 11 is 0. The second-order valence-electron chi connectivity index (χ2n) is 4.98. The molecule has 0 spiro atoms. The van der Waals surface area contributed by atoms with Gasteiger partial charge < -0.3 is 10.2 Å². The summed E-state index contributed by atoms with van der Waals surface area (Å²) < 4.78 is 0. The second-order valence-corrected chi connectivity index (χ2v) is 4.98. The highest BCUT2D eigenvalue weighted by atomic mass is 16.6. The number of nitro groups is 1. The number of fused-ring (bicyclic) bond motifs is 2. The van der Waals surface area contributed by atoms with E-state index in [1.807, 2.05) is 0 Å². The Hall–Kier alpha value is -1.69. The van der Waals surface area contributed by atoms with Crippen molar-refractivity contribution in [2.75, 3.05) is 18.0 Å². The van der Waals surface area contributed by atoms with Gasteiger partial charge in [-0.25, -0.2) is 4.98 Å². The highest BCUT2D eigenvalue weighted by Gasteiger charge is 2.31. The molecule has 2 bridgehead atoms. The van der Waals surface area contributed by atoms with Crippen molar-refractivity contribution in [3.63, 3.8) is 0 Å². The summed E-state index contributed by atoms with van der Waals surface area (Å²) in [6, 6.07) is 4.16. The lowest BCUT2D eigenvalue weighted by Crippen LogP contribution is -2.36. The van der Waals surface area contributed by atoms with Crippen LogP contribution in [-0.2, 0) is 0 Å². The quantitative estimate of drug-likeness (QED) is 0.631. The molecule has 3 heterocycles. The maximum Gasteiger partial charge on any atom is 0.311 e. The first kappa shape index (κ1) is 11.4. The lowest BCUT2D eigenvalue weighted by atomic mass is 10.1. The van der Waals surface area contributed by atoms with E-state index < -0.39 is 0 Å². The monoisotopic (exact) mass is 248 g/mol. The number of pyridine rings is 1. The van der Waals surface area contributed by atoms with Crippen LogP contribution in [0.3, 0.4) is 0 Å². The zero-order chi connectivity index (χ0) is 12.5. The van der Waals surface area contributed by atoms with E-state index in [0.29, 0.717) is 17.9 Å². The van der Waals surface area contributed by atoms with Crippen LogP contribution in [0, 0.1) is 10.1 Å². The molecule has 1 aromatic rings. The Morgan fingerprint density at radius 1 is 1.39 bits per heavy atom. The van der Waals surface area contributed by atoms with Gasteiger partial charge in [-0.05, 0) is 25.3 Å². The van der Waals surface area contributed by atoms with Crippen molar-refractivity contribution in [2.24, 2.45) is 0 Å². The molecule has 0 aliphatic carbocycles. The fourth-order valence-corrected chi connectivity index (χ4v) is 2.91. The summed E-state index contributed by atoms with van der Waals surface area (Å²) in [5.74, 6) is 0.511. The molecule has 2 atom stereocenters. The first-order chi connectivity index (χ1) is 8.74. The second kappa shape index (κ2) is 4.53. The molecular formula is C12H16N4O2.